The van der Waals surface area contributed by atoms with Gasteiger partial charge in [0.1, 0.15) is 5.75 Å². The van der Waals surface area contributed by atoms with Crippen LogP contribution in [-0.2, 0) is 6.42 Å². The van der Waals surface area contributed by atoms with E-state index in [1.54, 1.807) is 7.11 Å². The van der Waals surface area contributed by atoms with Crippen molar-refractivity contribution in [2.24, 2.45) is 10.7 Å². The number of para-hydroxylation sites is 1. The zero-order valence-corrected chi connectivity index (χ0v) is 12.5. The highest BCUT2D eigenvalue weighted by molar-refractivity contribution is 5.92. The molecule has 0 heterocycles. The summed E-state index contributed by atoms with van der Waals surface area (Å²) < 4.78 is 5.36. The standard InChI is InChI=1S/C17H21N3O/c1-13-8-9-16(21-2)14(12-13)10-11-19-17(18)20-15-6-4-3-5-7-15/h3-9,12H,10-11H2,1-2H3,(H3,18,19,20). The van der Waals surface area contributed by atoms with Crippen molar-refractivity contribution in [3.05, 3.63) is 59.7 Å². The van der Waals surface area contributed by atoms with E-state index in [4.69, 9.17) is 10.5 Å². The molecule has 0 aromatic heterocycles. The molecule has 0 aliphatic rings. The largest absolute Gasteiger partial charge is 0.496 e. The van der Waals surface area contributed by atoms with Gasteiger partial charge in [0.05, 0.1) is 7.11 Å². The fourth-order valence-electron chi connectivity index (χ4n) is 2.11. The lowest BCUT2D eigenvalue weighted by Gasteiger charge is -2.09. The van der Waals surface area contributed by atoms with Gasteiger partial charge >= 0.3 is 0 Å². The molecular weight excluding hydrogens is 262 g/mol. The lowest BCUT2D eigenvalue weighted by molar-refractivity contribution is 0.409. The number of ether oxygens (including phenoxy) is 1. The number of nitrogens with one attached hydrogen (secondary N) is 1. The first-order valence-corrected chi connectivity index (χ1v) is 6.94. The maximum absolute atomic E-state index is 5.88. The summed E-state index contributed by atoms with van der Waals surface area (Å²) in [6.45, 7) is 2.68. The third kappa shape index (κ3) is 4.53. The second-order valence-corrected chi connectivity index (χ2v) is 4.82. The summed E-state index contributed by atoms with van der Waals surface area (Å²) >= 11 is 0. The summed E-state index contributed by atoms with van der Waals surface area (Å²) in [7, 11) is 1.68. The molecule has 0 radical (unpaired) electrons. The van der Waals surface area contributed by atoms with E-state index in [1.165, 1.54) is 5.56 Å². The number of hydrogen-bond acceptors (Lipinski definition) is 2. The molecular formula is C17H21N3O. The first-order chi connectivity index (χ1) is 10.2. The zero-order chi connectivity index (χ0) is 15.1. The molecule has 3 N–H and O–H groups in total. The van der Waals surface area contributed by atoms with E-state index in [9.17, 15) is 0 Å². The molecule has 0 fully saturated rings. The first kappa shape index (κ1) is 14.9. The van der Waals surface area contributed by atoms with Crippen LogP contribution in [0.25, 0.3) is 0 Å². The Morgan fingerprint density at radius 3 is 2.67 bits per heavy atom. The zero-order valence-electron chi connectivity index (χ0n) is 12.5. The van der Waals surface area contributed by atoms with Crippen LogP contribution in [0.3, 0.4) is 0 Å². The van der Waals surface area contributed by atoms with Crippen molar-refractivity contribution in [2.75, 3.05) is 19.0 Å². The molecule has 0 unspecified atom stereocenters. The highest BCUT2D eigenvalue weighted by Gasteiger charge is 2.02. The molecule has 0 aliphatic carbocycles. The molecule has 21 heavy (non-hydrogen) atoms. The number of rotatable bonds is 5. The van der Waals surface area contributed by atoms with Crippen LogP contribution in [0, 0.1) is 6.92 Å². The van der Waals surface area contributed by atoms with Crippen molar-refractivity contribution in [2.45, 2.75) is 13.3 Å². The molecule has 4 nitrogen and oxygen atoms in total. The lowest BCUT2D eigenvalue weighted by atomic mass is 10.1. The molecule has 2 aromatic carbocycles. The molecule has 0 aliphatic heterocycles. The van der Waals surface area contributed by atoms with E-state index in [1.807, 2.05) is 42.5 Å². The maximum atomic E-state index is 5.88. The van der Waals surface area contributed by atoms with Crippen molar-refractivity contribution < 1.29 is 4.74 Å². The highest BCUT2D eigenvalue weighted by atomic mass is 16.5. The van der Waals surface area contributed by atoms with E-state index < -0.39 is 0 Å². The summed E-state index contributed by atoms with van der Waals surface area (Å²) in [6, 6.07) is 15.9. The molecule has 110 valence electrons. The SMILES string of the molecule is COc1ccc(C)cc1CCN=C(N)Nc1ccccc1. The van der Waals surface area contributed by atoms with Crippen molar-refractivity contribution in [1.29, 1.82) is 0 Å². The van der Waals surface area contributed by atoms with Gasteiger partial charge in [0.2, 0.25) is 0 Å². The number of aliphatic imine (C=N–C) groups is 1. The van der Waals surface area contributed by atoms with Gasteiger partial charge in [0.15, 0.2) is 5.96 Å². The van der Waals surface area contributed by atoms with Gasteiger partial charge in [-0.25, -0.2) is 0 Å². The average Bonchev–Trinajstić information content (AvgIpc) is 2.48. The fraction of sp³-hybridized carbons (Fsp3) is 0.235. The van der Waals surface area contributed by atoms with Crippen LogP contribution in [-0.4, -0.2) is 19.6 Å². The molecule has 0 saturated heterocycles. The van der Waals surface area contributed by atoms with E-state index in [0.717, 1.165) is 23.4 Å². The van der Waals surface area contributed by atoms with E-state index >= 15 is 0 Å². The van der Waals surface area contributed by atoms with Gasteiger partial charge in [-0.2, -0.15) is 0 Å². The number of guanidine groups is 1. The number of anilines is 1. The van der Waals surface area contributed by atoms with E-state index in [-0.39, 0.29) is 0 Å². The van der Waals surface area contributed by atoms with Gasteiger partial charge in [-0.05, 0) is 37.1 Å². The Hall–Kier alpha value is -2.49. The highest BCUT2D eigenvalue weighted by Crippen LogP contribution is 2.20. The second kappa shape index (κ2) is 7.33. The Kier molecular flexibility index (Phi) is 5.21. The summed E-state index contributed by atoms with van der Waals surface area (Å²) in [5, 5.41) is 3.06. The molecule has 0 spiro atoms. The molecule has 4 heteroatoms. The topological polar surface area (TPSA) is 59.6 Å². The van der Waals surface area contributed by atoms with Crippen LogP contribution in [0.4, 0.5) is 5.69 Å². The van der Waals surface area contributed by atoms with Gasteiger partial charge < -0.3 is 15.8 Å². The number of hydrogen-bond donors (Lipinski definition) is 2. The van der Waals surface area contributed by atoms with Crippen LogP contribution in [0.1, 0.15) is 11.1 Å². The van der Waals surface area contributed by atoms with Gasteiger partial charge in [-0.1, -0.05) is 35.9 Å². The summed E-state index contributed by atoms with van der Waals surface area (Å²) in [5.41, 5.74) is 9.18. The number of aryl methyl sites for hydroxylation is 1. The quantitative estimate of drug-likeness (QED) is 0.655. The minimum absolute atomic E-state index is 0.424. The third-order valence-electron chi connectivity index (χ3n) is 3.15. The second-order valence-electron chi connectivity index (χ2n) is 4.82. The predicted octanol–water partition coefficient (Wildman–Crippen LogP) is 2.97. The minimum Gasteiger partial charge on any atom is -0.496 e. The number of nitrogens with zero attached hydrogens (tertiary/aromatic N) is 1. The monoisotopic (exact) mass is 283 g/mol. The Morgan fingerprint density at radius 1 is 1.19 bits per heavy atom. The maximum Gasteiger partial charge on any atom is 0.193 e. The predicted molar refractivity (Wildman–Crippen MR) is 88.0 cm³/mol. The average molecular weight is 283 g/mol. The number of nitrogens with two attached hydrogens (primary N) is 1. The summed E-state index contributed by atoms with van der Waals surface area (Å²) in [6.07, 6.45) is 0.794. The Bertz CT molecular complexity index is 609. The Balaban J connectivity index is 1.94. The molecule has 2 aromatic rings. The van der Waals surface area contributed by atoms with Crippen molar-refractivity contribution in [3.63, 3.8) is 0 Å². The summed E-state index contributed by atoms with van der Waals surface area (Å²) in [4.78, 5) is 4.35. The molecule has 0 atom stereocenters. The van der Waals surface area contributed by atoms with E-state index in [0.29, 0.717) is 12.5 Å². The van der Waals surface area contributed by atoms with Crippen molar-refractivity contribution >= 4 is 11.6 Å². The molecule has 2 rings (SSSR count). The number of benzene rings is 2. The van der Waals surface area contributed by atoms with Crippen LogP contribution in [0.2, 0.25) is 0 Å². The van der Waals surface area contributed by atoms with Crippen LogP contribution in [0.15, 0.2) is 53.5 Å². The lowest BCUT2D eigenvalue weighted by Crippen LogP contribution is -2.23. The van der Waals surface area contributed by atoms with Crippen LogP contribution < -0.4 is 15.8 Å². The van der Waals surface area contributed by atoms with Gasteiger partial charge in [0, 0.05) is 12.2 Å². The number of methoxy groups -OCH3 is 1. The molecule has 0 amide bonds. The minimum atomic E-state index is 0.424. The van der Waals surface area contributed by atoms with Crippen molar-refractivity contribution in [3.8, 4) is 5.75 Å². The van der Waals surface area contributed by atoms with Gasteiger partial charge in [-0.3, -0.25) is 4.99 Å². The van der Waals surface area contributed by atoms with Crippen molar-refractivity contribution in [1.82, 2.24) is 0 Å². The summed E-state index contributed by atoms with van der Waals surface area (Å²) in [5.74, 6) is 1.32. The van der Waals surface area contributed by atoms with Gasteiger partial charge in [-0.15, -0.1) is 0 Å². The Labute approximate surface area is 125 Å². The normalized spacial score (nSPS) is 11.2. The van der Waals surface area contributed by atoms with Crippen LogP contribution in [0.5, 0.6) is 5.75 Å². The molecule has 0 saturated carbocycles. The molecule has 0 bridgehead atoms. The van der Waals surface area contributed by atoms with Crippen LogP contribution >= 0.6 is 0 Å². The Morgan fingerprint density at radius 2 is 1.95 bits per heavy atom. The first-order valence-electron chi connectivity index (χ1n) is 6.94. The fourth-order valence-corrected chi connectivity index (χ4v) is 2.11. The van der Waals surface area contributed by atoms with E-state index in [2.05, 4.69) is 23.3 Å². The third-order valence-corrected chi connectivity index (χ3v) is 3.15. The van der Waals surface area contributed by atoms with Gasteiger partial charge in [0.25, 0.3) is 0 Å². The smallest absolute Gasteiger partial charge is 0.193 e.